The van der Waals surface area contributed by atoms with Crippen LogP contribution in [0.1, 0.15) is 0 Å². The standard InChI is InChI=1S/C18H13ClN4O2/c19-12-6-4-5-11(9-12)14-10-15(24)23-17(21-14)16(18(25)22-23)20-13-7-2-1-3-8-13/h1-10,20-21H,(H,22,25). The minimum atomic E-state index is -0.388. The third-order valence-electron chi connectivity index (χ3n) is 3.82. The van der Waals surface area contributed by atoms with E-state index in [-0.39, 0.29) is 16.8 Å². The predicted octanol–water partition coefficient (Wildman–Crippen LogP) is 3.38. The number of aromatic nitrogens is 3. The maximum atomic E-state index is 12.4. The number of para-hydroxylation sites is 1. The Morgan fingerprint density at radius 1 is 0.960 bits per heavy atom. The van der Waals surface area contributed by atoms with Crippen molar-refractivity contribution < 1.29 is 0 Å². The van der Waals surface area contributed by atoms with Crippen LogP contribution in [-0.4, -0.2) is 14.6 Å². The van der Waals surface area contributed by atoms with Crippen molar-refractivity contribution in [3.05, 3.63) is 86.4 Å². The Morgan fingerprint density at radius 3 is 2.52 bits per heavy atom. The van der Waals surface area contributed by atoms with Gasteiger partial charge >= 0.3 is 0 Å². The number of hydrogen-bond acceptors (Lipinski definition) is 3. The Balaban J connectivity index is 1.91. The maximum absolute atomic E-state index is 12.4. The molecule has 0 aliphatic heterocycles. The van der Waals surface area contributed by atoms with Crippen molar-refractivity contribution in [3.8, 4) is 11.3 Å². The lowest BCUT2D eigenvalue weighted by Crippen LogP contribution is -2.15. The molecule has 0 saturated heterocycles. The zero-order valence-corrected chi connectivity index (χ0v) is 13.7. The summed E-state index contributed by atoms with van der Waals surface area (Å²) in [4.78, 5) is 27.8. The Morgan fingerprint density at radius 2 is 1.76 bits per heavy atom. The van der Waals surface area contributed by atoms with Gasteiger partial charge in [-0.25, -0.2) is 0 Å². The fourth-order valence-electron chi connectivity index (χ4n) is 2.66. The largest absolute Gasteiger partial charge is 0.348 e. The highest BCUT2D eigenvalue weighted by atomic mass is 35.5. The zero-order valence-electron chi connectivity index (χ0n) is 12.9. The first-order valence-electron chi connectivity index (χ1n) is 7.58. The van der Waals surface area contributed by atoms with Gasteiger partial charge in [0.05, 0.1) is 5.69 Å². The number of anilines is 2. The number of halogens is 1. The average molecular weight is 353 g/mol. The highest BCUT2D eigenvalue weighted by Crippen LogP contribution is 2.22. The molecule has 0 unspecified atom stereocenters. The van der Waals surface area contributed by atoms with Crippen LogP contribution in [0.15, 0.2) is 70.3 Å². The molecule has 2 aromatic heterocycles. The van der Waals surface area contributed by atoms with Gasteiger partial charge in [0.15, 0.2) is 5.65 Å². The second kappa shape index (κ2) is 5.99. The second-order valence-corrected chi connectivity index (χ2v) is 5.96. The van der Waals surface area contributed by atoms with Gasteiger partial charge in [0.2, 0.25) is 0 Å². The van der Waals surface area contributed by atoms with Crippen molar-refractivity contribution in [2.45, 2.75) is 0 Å². The van der Waals surface area contributed by atoms with Crippen LogP contribution < -0.4 is 16.4 Å². The SMILES string of the molecule is O=c1[nH]n2c(=O)cc(-c3cccc(Cl)c3)[nH]c2c1Nc1ccccc1. The van der Waals surface area contributed by atoms with E-state index >= 15 is 0 Å². The fraction of sp³-hybridized carbons (Fsp3) is 0. The Hall–Kier alpha value is -3.25. The predicted molar refractivity (Wildman–Crippen MR) is 98.8 cm³/mol. The van der Waals surface area contributed by atoms with Crippen molar-refractivity contribution in [2.24, 2.45) is 0 Å². The average Bonchev–Trinajstić information content (AvgIpc) is 2.92. The summed E-state index contributed by atoms with van der Waals surface area (Å²) < 4.78 is 1.18. The molecule has 0 radical (unpaired) electrons. The molecule has 0 aliphatic rings. The summed E-state index contributed by atoms with van der Waals surface area (Å²) in [6.07, 6.45) is 0. The Bertz CT molecular complexity index is 1180. The molecule has 3 N–H and O–H groups in total. The number of nitrogens with one attached hydrogen (secondary N) is 3. The van der Waals surface area contributed by atoms with Gasteiger partial charge in [-0.05, 0) is 29.8 Å². The summed E-state index contributed by atoms with van der Waals surface area (Å²) in [5, 5.41) is 6.15. The third-order valence-corrected chi connectivity index (χ3v) is 4.06. The first-order valence-corrected chi connectivity index (χ1v) is 7.96. The van der Waals surface area contributed by atoms with Gasteiger partial charge in [0, 0.05) is 16.8 Å². The van der Waals surface area contributed by atoms with E-state index in [9.17, 15) is 9.59 Å². The van der Waals surface area contributed by atoms with Gasteiger partial charge in [0.25, 0.3) is 11.1 Å². The minimum Gasteiger partial charge on any atom is -0.348 e. The topological polar surface area (TPSA) is 82.2 Å². The van der Waals surface area contributed by atoms with E-state index < -0.39 is 0 Å². The van der Waals surface area contributed by atoms with E-state index in [1.54, 1.807) is 18.2 Å². The fourth-order valence-corrected chi connectivity index (χ4v) is 2.85. The van der Waals surface area contributed by atoms with Gasteiger partial charge in [-0.2, -0.15) is 4.52 Å². The third kappa shape index (κ3) is 2.83. The molecule has 0 aliphatic carbocycles. The number of aromatic amines is 2. The lowest BCUT2D eigenvalue weighted by atomic mass is 10.1. The number of H-pyrrole nitrogens is 2. The lowest BCUT2D eigenvalue weighted by molar-refractivity contribution is 0.884. The van der Waals surface area contributed by atoms with E-state index in [0.717, 1.165) is 11.3 Å². The quantitative estimate of drug-likeness (QED) is 0.528. The molecule has 0 spiro atoms. The van der Waals surface area contributed by atoms with Crippen LogP contribution in [0.5, 0.6) is 0 Å². The van der Waals surface area contributed by atoms with Crippen molar-refractivity contribution in [1.29, 1.82) is 0 Å². The molecule has 0 bridgehead atoms. The molecular weight excluding hydrogens is 340 g/mol. The minimum absolute atomic E-state index is 0.271. The molecule has 0 fully saturated rings. The normalized spacial score (nSPS) is 10.9. The molecule has 0 atom stereocenters. The number of rotatable bonds is 3. The van der Waals surface area contributed by atoms with Gasteiger partial charge < -0.3 is 10.3 Å². The van der Waals surface area contributed by atoms with E-state index in [0.29, 0.717) is 16.4 Å². The van der Waals surface area contributed by atoms with Crippen molar-refractivity contribution in [3.63, 3.8) is 0 Å². The van der Waals surface area contributed by atoms with Crippen molar-refractivity contribution in [1.82, 2.24) is 14.6 Å². The first kappa shape index (κ1) is 15.3. The van der Waals surface area contributed by atoms with Crippen LogP contribution >= 0.6 is 11.6 Å². The second-order valence-electron chi connectivity index (χ2n) is 5.52. The van der Waals surface area contributed by atoms with E-state index in [2.05, 4.69) is 15.4 Å². The number of nitrogens with zero attached hydrogens (tertiary/aromatic N) is 1. The van der Waals surface area contributed by atoms with E-state index in [4.69, 9.17) is 11.6 Å². The molecule has 124 valence electrons. The van der Waals surface area contributed by atoms with E-state index in [1.165, 1.54) is 10.6 Å². The van der Waals surface area contributed by atoms with Crippen LogP contribution in [0, 0.1) is 0 Å². The molecule has 4 rings (SSSR count). The summed E-state index contributed by atoms with van der Waals surface area (Å²) in [5.74, 6) is 0. The first-order chi connectivity index (χ1) is 12.1. The van der Waals surface area contributed by atoms with Crippen LogP contribution in [0.2, 0.25) is 5.02 Å². The lowest BCUT2D eigenvalue weighted by Gasteiger charge is -2.06. The molecule has 2 aromatic carbocycles. The maximum Gasteiger partial charge on any atom is 0.290 e. The summed E-state index contributed by atoms with van der Waals surface area (Å²) in [6, 6.07) is 17.8. The molecule has 4 aromatic rings. The monoisotopic (exact) mass is 352 g/mol. The van der Waals surface area contributed by atoms with Crippen LogP contribution in [0.4, 0.5) is 11.4 Å². The Labute approximate surface area is 146 Å². The van der Waals surface area contributed by atoms with E-state index in [1.807, 2.05) is 36.4 Å². The highest BCUT2D eigenvalue weighted by Gasteiger charge is 2.13. The van der Waals surface area contributed by atoms with Crippen molar-refractivity contribution >= 4 is 28.6 Å². The summed E-state index contributed by atoms with van der Waals surface area (Å²) in [5.41, 5.74) is 1.97. The summed E-state index contributed by atoms with van der Waals surface area (Å²) >= 11 is 6.03. The smallest absolute Gasteiger partial charge is 0.290 e. The summed E-state index contributed by atoms with van der Waals surface area (Å²) in [6.45, 7) is 0. The summed E-state index contributed by atoms with van der Waals surface area (Å²) in [7, 11) is 0. The number of fused-ring (bicyclic) bond motifs is 1. The Kier molecular flexibility index (Phi) is 3.66. The van der Waals surface area contributed by atoms with Crippen LogP contribution in [0.25, 0.3) is 16.9 Å². The molecule has 25 heavy (non-hydrogen) atoms. The van der Waals surface area contributed by atoms with Crippen molar-refractivity contribution in [2.75, 3.05) is 5.32 Å². The molecular formula is C18H13ClN4O2. The number of benzene rings is 2. The van der Waals surface area contributed by atoms with Crippen LogP contribution in [0.3, 0.4) is 0 Å². The van der Waals surface area contributed by atoms with Gasteiger partial charge in [0.1, 0.15) is 5.69 Å². The molecule has 7 heteroatoms. The molecule has 0 saturated carbocycles. The molecule has 6 nitrogen and oxygen atoms in total. The van der Waals surface area contributed by atoms with Gasteiger partial charge in [-0.3, -0.25) is 14.7 Å². The molecule has 2 heterocycles. The number of hydrogen-bond donors (Lipinski definition) is 3. The van der Waals surface area contributed by atoms with Crippen LogP contribution in [-0.2, 0) is 0 Å². The van der Waals surface area contributed by atoms with Gasteiger partial charge in [-0.15, -0.1) is 0 Å². The highest BCUT2D eigenvalue weighted by molar-refractivity contribution is 6.30. The van der Waals surface area contributed by atoms with Gasteiger partial charge in [-0.1, -0.05) is 41.9 Å². The molecule has 0 amide bonds. The zero-order chi connectivity index (χ0) is 17.4.